The molecule has 0 bridgehead atoms. The summed E-state index contributed by atoms with van der Waals surface area (Å²) in [4.78, 5) is 64.2. The van der Waals surface area contributed by atoms with E-state index < -0.39 is 60.2 Å². The third kappa shape index (κ3) is 11.7. The first-order valence-corrected chi connectivity index (χ1v) is 11.3. The van der Waals surface area contributed by atoms with E-state index in [0.717, 1.165) is 0 Å². The van der Waals surface area contributed by atoms with Gasteiger partial charge in [-0.2, -0.15) is 0 Å². The van der Waals surface area contributed by atoms with E-state index in [1.807, 2.05) is 0 Å². The number of guanidine groups is 1. The lowest BCUT2D eigenvalue weighted by atomic mass is 10.1. The lowest BCUT2D eigenvalue weighted by molar-refractivity contribution is -0.143. The quantitative estimate of drug-likeness (QED) is 0.0630. The standard InChI is InChI=1S/C22H34N8O7/c1-11(28-19(34)14(23)9-12-4-6-13(31)7-5-12)18(33)29-15(3-2-8-27-22(25)26)20(35)30-16(21(36)37)10-17(24)32/h4-7,11,14-16,31H,2-3,8-10,23H2,1H3,(H2,24,32)(H,28,34)(H,29,33)(H,30,35)(H,36,37)(H4,25,26,27). The number of rotatable bonds is 15. The first-order chi connectivity index (χ1) is 17.3. The van der Waals surface area contributed by atoms with Crippen LogP contribution < -0.4 is 38.9 Å². The van der Waals surface area contributed by atoms with E-state index in [1.54, 1.807) is 12.1 Å². The Hall–Kier alpha value is -4.40. The third-order valence-corrected chi connectivity index (χ3v) is 5.08. The molecule has 0 aliphatic rings. The molecule has 204 valence electrons. The number of nitrogens with one attached hydrogen (secondary N) is 3. The molecule has 1 aromatic rings. The molecule has 0 fully saturated rings. The fourth-order valence-electron chi connectivity index (χ4n) is 3.11. The zero-order valence-corrected chi connectivity index (χ0v) is 20.3. The summed E-state index contributed by atoms with van der Waals surface area (Å²) in [5, 5.41) is 25.7. The van der Waals surface area contributed by atoms with Gasteiger partial charge in [0, 0.05) is 6.54 Å². The SMILES string of the molecule is CC(NC(=O)C(N)Cc1ccc(O)cc1)C(=O)NC(CCCN=C(N)N)C(=O)NC(CC(N)=O)C(=O)O. The fraction of sp³-hybridized carbons (Fsp3) is 0.455. The summed E-state index contributed by atoms with van der Waals surface area (Å²) >= 11 is 0. The van der Waals surface area contributed by atoms with Gasteiger partial charge in [-0.3, -0.25) is 24.2 Å². The van der Waals surface area contributed by atoms with E-state index in [2.05, 4.69) is 20.9 Å². The van der Waals surface area contributed by atoms with Crippen molar-refractivity contribution in [3.8, 4) is 5.75 Å². The Balaban J connectivity index is 2.83. The number of benzene rings is 1. The molecule has 0 radical (unpaired) electrons. The number of carboxylic acid groups (broad SMARTS) is 1. The Morgan fingerprint density at radius 1 is 0.919 bits per heavy atom. The number of aliphatic carboxylic acids is 1. The predicted molar refractivity (Wildman–Crippen MR) is 133 cm³/mol. The number of hydrogen-bond acceptors (Lipinski definition) is 8. The molecule has 0 spiro atoms. The Labute approximate surface area is 213 Å². The molecule has 37 heavy (non-hydrogen) atoms. The minimum atomic E-state index is -1.60. The fourth-order valence-corrected chi connectivity index (χ4v) is 3.11. The molecule has 0 heterocycles. The molecule has 0 aliphatic carbocycles. The van der Waals surface area contributed by atoms with Gasteiger partial charge < -0.3 is 49.1 Å². The smallest absolute Gasteiger partial charge is 0.326 e. The van der Waals surface area contributed by atoms with Crippen LogP contribution in [-0.2, 0) is 30.4 Å². The van der Waals surface area contributed by atoms with Crippen molar-refractivity contribution in [1.29, 1.82) is 0 Å². The number of nitrogens with zero attached hydrogens (tertiary/aromatic N) is 1. The maximum Gasteiger partial charge on any atom is 0.326 e. The van der Waals surface area contributed by atoms with Crippen molar-refractivity contribution in [2.45, 2.75) is 56.8 Å². The number of carboxylic acids is 1. The summed E-state index contributed by atoms with van der Waals surface area (Å²) in [5.41, 5.74) is 22.2. The van der Waals surface area contributed by atoms with Gasteiger partial charge in [0.1, 0.15) is 23.9 Å². The highest BCUT2D eigenvalue weighted by molar-refractivity contribution is 5.94. The number of carbonyl (C=O) groups is 5. The topological polar surface area (TPSA) is 278 Å². The molecule has 0 aliphatic heterocycles. The number of phenols is 1. The molecule has 15 heteroatoms. The molecule has 0 saturated heterocycles. The highest BCUT2D eigenvalue weighted by atomic mass is 16.4. The molecule has 13 N–H and O–H groups in total. The minimum Gasteiger partial charge on any atom is -0.508 e. The first-order valence-electron chi connectivity index (χ1n) is 11.3. The van der Waals surface area contributed by atoms with Crippen LogP contribution in [0.25, 0.3) is 0 Å². The van der Waals surface area contributed by atoms with Gasteiger partial charge in [-0.15, -0.1) is 0 Å². The van der Waals surface area contributed by atoms with Crippen LogP contribution in [0.2, 0.25) is 0 Å². The summed E-state index contributed by atoms with van der Waals surface area (Å²) in [5.74, 6) is -4.78. The number of primary amides is 1. The molecular formula is C22H34N8O7. The van der Waals surface area contributed by atoms with Crippen LogP contribution in [0, 0.1) is 0 Å². The van der Waals surface area contributed by atoms with Crippen molar-refractivity contribution in [3.63, 3.8) is 0 Å². The highest BCUT2D eigenvalue weighted by Crippen LogP contribution is 2.11. The predicted octanol–water partition coefficient (Wildman–Crippen LogP) is -3.25. The Morgan fingerprint density at radius 3 is 2.05 bits per heavy atom. The summed E-state index contributed by atoms with van der Waals surface area (Å²) in [7, 11) is 0. The van der Waals surface area contributed by atoms with Gasteiger partial charge in [0.2, 0.25) is 23.6 Å². The molecule has 4 atom stereocenters. The maximum atomic E-state index is 12.7. The molecular weight excluding hydrogens is 488 g/mol. The Bertz CT molecular complexity index is 995. The molecule has 0 aromatic heterocycles. The first kappa shape index (κ1) is 30.6. The second-order valence-electron chi connectivity index (χ2n) is 8.29. The number of phenolic OH excluding ortho intramolecular Hbond substituents is 1. The average molecular weight is 523 g/mol. The van der Waals surface area contributed by atoms with E-state index in [4.69, 9.17) is 22.9 Å². The number of aromatic hydroxyl groups is 1. The number of amides is 4. The van der Waals surface area contributed by atoms with Crippen molar-refractivity contribution in [1.82, 2.24) is 16.0 Å². The number of carbonyl (C=O) groups excluding carboxylic acids is 4. The average Bonchev–Trinajstić information content (AvgIpc) is 2.81. The Morgan fingerprint density at radius 2 is 1.51 bits per heavy atom. The number of nitrogens with two attached hydrogens (primary N) is 4. The van der Waals surface area contributed by atoms with Gasteiger partial charge in [0.25, 0.3) is 0 Å². The van der Waals surface area contributed by atoms with E-state index >= 15 is 0 Å². The molecule has 1 aromatic carbocycles. The van der Waals surface area contributed by atoms with Crippen LogP contribution in [0.15, 0.2) is 29.3 Å². The van der Waals surface area contributed by atoms with Crippen LogP contribution in [0.1, 0.15) is 31.7 Å². The zero-order chi connectivity index (χ0) is 28.1. The molecule has 4 unspecified atom stereocenters. The van der Waals surface area contributed by atoms with Crippen LogP contribution >= 0.6 is 0 Å². The van der Waals surface area contributed by atoms with Gasteiger partial charge in [-0.25, -0.2) is 4.79 Å². The normalized spacial score (nSPS) is 13.8. The van der Waals surface area contributed by atoms with Crippen molar-refractivity contribution >= 4 is 35.6 Å². The third-order valence-electron chi connectivity index (χ3n) is 5.08. The van der Waals surface area contributed by atoms with Gasteiger partial charge >= 0.3 is 5.97 Å². The second kappa shape index (κ2) is 14.9. The summed E-state index contributed by atoms with van der Waals surface area (Å²) < 4.78 is 0. The van der Waals surface area contributed by atoms with E-state index in [-0.39, 0.29) is 37.5 Å². The molecule has 0 saturated carbocycles. The molecule has 1 rings (SSSR count). The van der Waals surface area contributed by atoms with Gasteiger partial charge in [-0.1, -0.05) is 12.1 Å². The highest BCUT2D eigenvalue weighted by Gasteiger charge is 2.29. The largest absolute Gasteiger partial charge is 0.508 e. The van der Waals surface area contributed by atoms with Crippen LogP contribution in [0.4, 0.5) is 0 Å². The van der Waals surface area contributed by atoms with E-state index in [1.165, 1.54) is 19.1 Å². The van der Waals surface area contributed by atoms with Crippen molar-refractivity contribution < 1.29 is 34.2 Å². The lowest BCUT2D eigenvalue weighted by Gasteiger charge is -2.23. The monoisotopic (exact) mass is 522 g/mol. The lowest BCUT2D eigenvalue weighted by Crippen LogP contribution is -2.56. The van der Waals surface area contributed by atoms with Crippen LogP contribution in [0.3, 0.4) is 0 Å². The summed E-state index contributed by atoms with van der Waals surface area (Å²) in [6.45, 7) is 1.51. The van der Waals surface area contributed by atoms with E-state index in [9.17, 15) is 34.2 Å². The molecule has 15 nitrogen and oxygen atoms in total. The van der Waals surface area contributed by atoms with E-state index in [0.29, 0.717) is 5.56 Å². The summed E-state index contributed by atoms with van der Waals surface area (Å²) in [6.07, 6.45) is -0.256. The zero-order valence-electron chi connectivity index (χ0n) is 20.3. The van der Waals surface area contributed by atoms with Crippen molar-refractivity contribution in [2.24, 2.45) is 27.9 Å². The van der Waals surface area contributed by atoms with Crippen LogP contribution in [0.5, 0.6) is 5.75 Å². The van der Waals surface area contributed by atoms with Crippen molar-refractivity contribution in [3.05, 3.63) is 29.8 Å². The van der Waals surface area contributed by atoms with Gasteiger partial charge in [0.15, 0.2) is 5.96 Å². The number of hydrogen-bond donors (Lipinski definition) is 9. The number of aliphatic imine (C=N–C) groups is 1. The van der Waals surface area contributed by atoms with Crippen LogP contribution in [-0.4, -0.2) is 76.5 Å². The molecule has 4 amide bonds. The summed E-state index contributed by atoms with van der Waals surface area (Å²) in [6, 6.07) is 1.17. The maximum absolute atomic E-state index is 12.7. The Kier molecular flexibility index (Phi) is 12.3. The van der Waals surface area contributed by atoms with Crippen molar-refractivity contribution in [2.75, 3.05) is 6.54 Å². The van der Waals surface area contributed by atoms with Gasteiger partial charge in [0.05, 0.1) is 12.5 Å². The van der Waals surface area contributed by atoms with Gasteiger partial charge in [-0.05, 0) is 43.9 Å². The second-order valence-corrected chi connectivity index (χ2v) is 8.29. The minimum absolute atomic E-state index is 0.0122.